The number of fused-ring (bicyclic) bond motifs is 1. The molecule has 0 amide bonds. The second-order valence-corrected chi connectivity index (χ2v) is 19.0. The van der Waals surface area contributed by atoms with Gasteiger partial charge >= 0.3 is 6.36 Å². The first-order chi connectivity index (χ1) is 28.4. The van der Waals surface area contributed by atoms with E-state index >= 15 is 4.39 Å². The molecule has 6 aliphatic carbocycles. The summed E-state index contributed by atoms with van der Waals surface area (Å²) in [7, 11) is 0. The highest BCUT2D eigenvalue weighted by Gasteiger charge is 2.74. The van der Waals surface area contributed by atoms with Crippen LogP contribution in [0, 0.1) is 39.3 Å². The van der Waals surface area contributed by atoms with E-state index in [4.69, 9.17) is 16.3 Å². The molecule has 7 nitrogen and oxygen atoms in total. The fraction of sp³-hybridized carbons (Fsp3) is 0.521. The number of allylic oxidation sites excluding steroid dienone is 4. The van der Waals surface area contributed by atoms with E-state index in [0.29, 0.717) is 49.8 Å². The fourth-order valence-electron chi connectivity index (χ4n) is 12.5. The zero-order valence-electron chi connectivity index (χ0n) is 34.1. The van der Waals surface area contributed by atoms with Crippen molar-refractivity contribution in [2.45, 2.75) is 103 Å². The lowest BCUT2D eigenvalue weighted by molar-refractivity contribution is -0.274. The number of hydrogen-bond donors (Lipinski definition) is 3. The lowest BCUT2D eigenvalue weighted by Crippen LogP contribution is -2.67. The predicted octanol–water partition coefficient (Wildman–Crippen LogP) is 9.16. The van der Waals surface area contributed by atoms with Crippen molar-refractivity contribution in [2.24, 2.45) is 33.5 Å². The van der Waals surface area contributed by atoms with Gasteiger partial charge in [-0.15, -0.1) is 13.2 Å². The summed E-state index contributed by atoms with van der Waals surface area (Å²) in [5.74, 6) is -1.26. The monoisotopic (exact) mass is 851 g/mol. The van der Waals surface area contributed by atoms with E-state index in [1.165, 1.54) is 24.3 Å². The van der Waals surface area contributed by atoms with Gasteiger partial charge in [-0.25, -0.2) is 4.39 Å². The van der Waals surface area contributed by atoms with Crippen LogP contribution in [0.4, 0.5) is 17.6 Å². The summed E-state index contributed by atoms with van der Waals surface area (Å²) < 4.78 is 64.1. The van der Waals surface area contributed by atoms with Crippen molar-refractivity contribution < 1.29 is 47.1 Å². The van der Waals surface area contributed by atoms with Crippen LogP contribution in [-0.4, -0.2) is 69.9 Å². The Bertz CT molecular complexity index is 2110. The van der Waals surface area contributed by atoms with E-state index in [1.807, 2.05) is 35.2 Å². The van der Waals surface area contributed by atoms with Crippen LogP contribution in [0.25, 0.3) is 0 Å². The van der Waals surface area contributed by atoms with Crippen LogP contribution in [0.5, 0.6) is 5.75 Å². The van der Waals surface area contributed by atoms with Gasteiger partial charge in [0.25, 0.3) is 0 Å². The number of carbonyl (C=O) groups excluding carboxylic acids is 1. The van der Waals surface area contributed by atoms with Gasteiger partial charge in [0.05, 0.1) is 31.0 Å². The van der Waals surface area contributed by atoms with E-state index < -0.39 is 46.2 Å². The minimum absolute atomic E-state index is 0.0228. The summed E-state index contributed by atoms with van der Waals surface area (Å²) in [5, 5.41) is 35.7. The molecule has 2 spiro atoms. The maximum Gasteiger partial charge on any atom is 0.573 e. The maximum absolute atomic E-state index is 15.2. The molecule has 322 valence electrons. The van der Waals surface area contributed by atoms with Crippen LogP contribution in [0.3, 0.4) is 0 Å². The fourth-order valence-corrected chi connectivity index (χ4v) is 12.7. The summed E-state index contributed by atoms with van der Waals surface area (Å²) in [4.78, 5) is 16.8. The molecule has 0 aromatic heterocycles. The molecule has 1 unspecified atom stereocenters. The van der Waals surface area contributed by atoms with Gasteiger partial charge in [-0.1, -0.05) is 92.2 Å². The number of hydrogen-bond acceptors (Lipinski definition) is 7. The number of alkyl halides is 3. The minimum Gasteiger partial charge on any atom is -0.406 e. The number of ketones is 1. The standard InChI is InChI=1S/C48H54ClF4NO6/c1-43-18-15-33(55)24-45(43)21-22-47(37(25-45)40(57)23-36-38(49)9-6-10-39(36)50)41(43)16-19-44(2)42(47)17-20-46(44,58)30-54(26-31-11-13-35(14-12-31)60-48(51,52)53)27-34(56)29-59-28-32-7-4-3-5-8-32/h3-14,21-22,25,33-34,41-42,55-56,58H,15-20,23-24,26-30H2,1-2H3/t33?,34-,41-,42-,43-,44+,45+,46-,47-/m1/s1. The number of Topliss-reactive ketones (excluding diaryl/α,β-unsaturated/α-hetero) is 1. The highest BCUT2D eigenvalue weighted by molar-refractivity contribution is 6.31. The van der Waals surface area contributed by atoms with Crippen molar-refractivity contribution in [1.82, 2.24) is 4.90 Å². The van der Waals surface area contributed by atoms with Gasteiger partial charge in [0.2, 0.25) is 0 Å². The molecular weight excluding hydrogens is 798 g/mol. The Morgan fingerprint density at radius 1 is 0.917 bits per heavy atom. The molecule has 60 heavy (non-hydrogen) atoms. The van der Waals surface area contributed by atoms with Gasteiger partial charge in [0, 0.05) is 58.5 Å². The molecule has 3 aromatic carbocycles. The molecule has 3 fully saturated rings. The van der Waals surface area contributed by atoms with Crippen LogP contribution >= 0.6 is 11.6 Å². The molecule has 3 saturated carbocycles. The molecule has 0 heterocycles. The van der Waals surface area contributed by atoms with E-state index in [9.17, 15) is 33.3 Å². The molecule has 3 aromatic rings. The average Bonchev–Trinajstić information content (AvgIpc) is 3.46. The lowest BCUT2D eigenvalue weighted by atomic mass is 9.32. The normalized spacial score (nSPS) is 33.5. The molecule has 2 bridgehead atoms. The number of aliphatic hydroxyl groups is 3. The lowest BCUT2D eigenvalue weighted by Gasteiger charge is -2.71. The topological polar surface area (TPSA) is 99.5 Å². The molecule has 0 aliphatic heterocycles. The van der Waals surface area contributed by atoms with Crippen molar-refractivity contribution in [3.8, 4) is 5.75 Å². The highest BCUT2D eigenvalue weighted by atomic mass is 35.5. The molecule has 12 heteroatoms. The third-order valence-corrected chi connectivity index (χ3v) is 15.7. The van der Waals surface area contributed by atoms with E-state index in [0.717, 1.165) is 18.4 Å². The number of aliphatic hydroxyl groups excluding tert-OH is 2. The molecule has 0 radical (unpaired) electrons. The molecule has 6 aliphatic rings. The number of carbonyl (C=O) groups is 1. The van der Waals surface area contributed by atoms with Crippen LogP contribution in [0.2, 0.25) is 5.02 Å². The van der Waals surface area contributed by atoms with Crippen molar-refractivity contribution in [3.63, 3.8) is 0 Å². The van der Waals surface area contributed by atoms with Gasteiger partial charge in [0.15, 0.2) is 5.78 Å². The number of rotatable bonds is 14. The maximum atomic E-state index is 15.2. The van der Waals surface area contributed by atoms with Crippen molar-refractivity contribution in [2.75, 3.05) is 19.7 Å². The zero-order chi connectivity index (χ0) is 42.7. The van der Waals surface area contributed by atoms with Crippen molar-refractivity contribution in [3.05, 3.63) is 124 Å². The molecule has 0 saturated heterocycles. The average molecular weight is 852 g/mol. The van der Waals surface area contributed by atoms with Gasteiger partial charge in [-0.05, 0) is 97.6 Å². The largest absolute Gasteiger partial charge is 0.573 e. The van der Waals surface area contributed by atoms with Gasteiger partial charge in [-0.3, -0.25) is 9.69 Å². The number of halogens is 5. The SMILES string of the molecule is C[C@]12CC[C@H]3[C@]4(C=C[C@@]5(C=C4C(=O)Cc4c(F)cccc4Cl)CC(O)CC[C@]35C)[C@@H]1CC[C@@]2(O)CN(Cc1ccc(OC(F)(F)F)cc1)C[C@@H](O)COCc1ccccc1. The first-order valence-electron chi connectivity index (χ1n) is 21.1. The Labute approximate surface area is 354 Å². The van der Waals surface area contributed by atoms with Gasteiger partial charge in [-0.2, -0.15) is 0 Å². The molecular formula is C48H54ClF4NO6. The van der Waals surface area contributed by atoms with E-state index in [1.54, 1.807) is 18.2 Å². The van der Waals surface area contributed by atoms with E-state index in [2.05, 4.69) is 36.8 Å². The summed E-state index contributed by atoms with van der Waals surface area (Å²) in [6.45, 7) is 5.21. The first kappa shape index (κ1) is 43.1. The van der Waals surface area contributed by atoms with Crippen LogP contribution < -0.4 is 4.74 Å². The third kappa shape index (κ3) is 7.55. The second kappa shape index (κ2) is 16.0. The summed E-state index contributed by atoms with van der Waals surface area (Å²) >= 11 is 6.48. The summed E-state index contributed by atoms with van der Waals surface area (Å²) in [6, 6.07) is 19.6. The third-order valence-electron chi connectivity index (χ3n) is 15.4. The predicted molar refractivity (Wildman–Crippen MR) is 219 cm³/mol. The van der Waals surface area contributed by atoms with Crippen LogP contribution in [-0.2, 0) is 29.1 Å². The Hall–Kier alpha value is -3.58. The number of ether oxygens (including phenoxy) is 2. The summed E-state index contributed by atoms with van der Waals surface area (Å²) in [6.07, 6.45) is 4.32. The molecule has 9 rings (SSSR count). The van der Waals surface area contributed by atoms with Crippen LogP contribution in [0.15, 0.2) is 96.6 Å². The van der Waals surface area contributed by atoms with E-state index in [-0.39, 0.29) is 72.0 Å². The highest BCUT2D eigenvalue weighted by Crippen LogP contribution is 2.78. The Balaban J connectivity index is 1.11. The van der Waals surface area contributed by atoms with Crippen molar-refractivity contribution >= 4 is 17.4 Å². The smallest absolute Gasteiger partial charge is 0.406 e. The quantitative estimate of drug-likeness (QED) is 0.110. The molecule has 9 atom stereocenters. The van der Waals surface area contributed by atoms with Crippen molar-refractivity contribution in [1.29, 1.82) is 0 Å². The number of benzene rings is 3. The second-order valence-electron chi connectivity index (χ2n) is 18.6. The molecule has 3 N–H and O–H groups in total. The zero-order valence-corrected chi connectivity index (χ0v) is 34.8. The Morgan fingerprint density at radius 2 is 1.62 bits per heavy atom. The summed E-state index contributed by atoms with van der Waals surface area (Å²) in [5.41, 5.74) is -1.22. The number of nitrogens with zero attached hydrogens (tertiary/aromatic N) is 1. The minimum atomic E-state index is -4.83. The van der Waals surface area contributed by atoms with Gasteiger partial charge in [0.1, 0.15) is 11.6 Å². The van der Waals surface area contributed by atoms with Gasteiger partial charge < -0.3 is 24.8 Å². The Morgan fingerprint density at radius 3 is 2.33 bits per heavy atom. The first-order valence-corrected chi connectivity index (χ1v) is 21.5. The van der Waals surface area contributed by atoms with Crippen LogP contribution in [0.1, 0.15) is 75.5 Å². The Kier molecular flexibility index (Phi) is 11.5.